The third-order valence-electron chi connectivity index (χ3n) is 2.29. The van der Waals surface area contributed by atoms with Gasteiger partial charge in [-0.15, -0.1) is 0 Å². The first-order chi connectivity index (χ1) is 7.75. The lowest BCUT2D eigenvalue weighted by atomic mass is 9.95. The van der Waals surface area contributed by atoms with E-state index >= 15 is 0 Å². The van der Waals surface area contributed by atoms with Crippen LogP contribution in [-0.2, 0) is 0 Å². The van der Waals surface area contributed by atoms with Crippen molar-refractivity contribution < 1.29 is 5.11 Å². The second-order valence-electron chi connectivity index (χ2n) is 3.66. The van der Waals surface area contributed by atoms with Crippen LogP contribution in [0.2, 0.25) is 0 Å². The topological polar surface area (TPSA) is 32.6 Å². The Balaban J connectivity index is 2.24. The minimum atomic E-state index is 0.264. The summed E-state index contributed by atoms with van der Waals surface area (Å²) >= 11 is 0. The van der Waals surface area contributed by atoms with Crippen molar-refractivity contribution in [3.8, 4) is 5.75 Å². The quantitative estimate of drug-likeness (QED) is 0.588. The van der Waals surface area contributed by atoms with Gasteiger partial charge in [0, 0.05) is 11.8 Å². The molecule has 0 heterocycles. The second kappa shape index (κ2) is 4.66. The standard InChI is InChI=1S/C13H12BNO/c14-11-7-6-10(13(16)8-11)9-15-12-4-2-1-3-5-12/h1-9,16H,14H2/b15-9+. The van der Waals surface area contributed by atoms with Crippen LogP contribution in [0.15, 0.2) is 53.5 Å². The number of rotatable bonds is 2. The van der Waals surface area contributed by atoms with Crippen molar-refractivity contribution in [3.63, 3.8) is 0 Å². The summed E-state index contributed by atoms with van der Waals surface area (Å²) < 4.78 is 0. The van der Waals surface area contributed by atoms with Gasteiger partial charge in [-0.2, -0.15) is 0 Å². The van der Waals surface area contributed by atoms with Crippen LogP contribution in [0.5, 0.6) is 5.75 Å². The van der Waals surface area contributed by atoms with E-state index in [0.29, 0.717) is 0 Å². The maximum absolute atomic E-state index is 9.68. The molecule has 16 heavy (non-hydrogen) atoms. The average molecular weight is 209 g/mol. The van der Waals surface area contributed by atoms with Crippen LogP contribution in [-0.4, -0.2) is 19.2 Å². The van der Waals surface area contributed by atoms with Gasteiger partial charge in [0.2, 0.25) is 0 Å². The van der Waals surface area contributed by atoms with E-state index in [2.05, 4.69) is 4.99 Å². The summed E-state index contributed by atoms with van der Waals surface area (Å²) in [5.41, 5.74) is 2.64. The number of para-hydroxylation sites is 1. The number of aromatic hydroxyl groups is 1. The summed E-state index contributed by atoms with van der Waals surface area (Å²) in [6.07, 6.45) is 1.67. The molecule has 0 radical (unpaired) electrons. The molecule has 3 heteroatoms. The summed E-state index contributed by atoms with van der Waals surface area (Å²) in [6, 6.07) is 15.2. The Morgan fingerprint density at radius 2 is 1.81 bits per heavy atom. The van der Waals surface area contributed by atoms with Gasteiger partial charge in [0.15, 0.2) is 0 Å². The molecule has 2 rings (SSSR count). The van der Waals surface area contributed by atoms with Gasteiger partial charge in [-0.1, -0.05) is 35.8 Å². The normalized spacial score (nSPS) is 10.8. The van der Waals surface area contributed by atoms with E-state index in [1.807, 2.05) is 50.3 Å². The summed E-state index contributed by atoms with van der Waals surface area (Å²) in [7, 11) is 1.94. The van der Waals surface area contributed by atoms with Gasteiger partial charge in [0.1, 0.15) is 13.6 Å². The van der Waals surface area contributed by atoms with Crippen molar-refractivity contribution in [1.82, 2.24) is 0 Å². The summed E-state index contributed by atoms with van der Waals surface area (Å²) in [4.78, 5) is 4.28. The van der Waals surface area contributed by atoms with E-state index in [9.17, 15) is 5.11 Å². The van der Waals surface area contributed by atoms with Crippen molar-refractivity contribution in [2.24, 2.45) is 4.99 Å². The maximum Gasteiger partial charge on any atom is 0.139 e. The molecule has 78 valence electrons. The molecule has 0 aliphatic heterocycles. The van der Waals surface area contributed by atoms with Gasteiger partial charge in [-0.25, -0.2) is 0 Å². The highest BCUT2D eigenvalue weighted by molar-refractivity contribution is 6.32. The molecule has 0 aliphatic rings. The second-order valence-corrected chi connectivity index (χ2v) is 3.66. The first-order valence-electron chi connectivity index (χ1n) is 5.14. The molecule has 0 bridgehead atoms. The molecule has 2 aromatic carbocycles. The van der Waals surface area contributed by atoms with E-state index in [-0.39, 0.29) is 5.75 Å². The summed E-state index contributed by atoms with van der Waals surface area (Å²) in [6.45, 7) is 0. The Morgan fingerprint density at radius 3 is 2.50 bits per heavy atom. The Morgan fingerprint density at radius 1 is 1.06 bits per heavy atom. The van der Waals surface area contributed by atoms with Crippen molar-refractivity contribution >= 4 is 25.2 Å². The predicted octanol–water partition coefficient (Wildman–Crippen LogP) is 1.40. The van der Waals surface area contributed by atoms with E-state index < -0.39 is 0 Å². The van der Waals surface area contributed by atoms with Gasteiger partial charge in [0.25, 0.3) is 0 Å². The lowest BCUT2D eigenvalue weighted by Gasteiger charge is -1.99. The first-order valence-corrected chi connectivity index (χ1v) is 5.14. The maximum atomic E-state index is 9.68. The van der Waals surface area contributed by atoms with Crippen LogP contribution >= 0.6 is 0 Å². The molecule has 0 aromatic heterocycles. The van der Waals surface area contributed by atoms with Crippen molar-refractivity contribution in [2.45, 2.75) is 0 Å². The molecular weight excluding hydrogens is 197 g/mol. The molecule has 0 aliphatic carbocycles. The molecule has 2 aromatic rings. The number of benzene rings is 2. The van der Waals surface area contributed by atoms with Gasteiger partial charge in [-0.05, 0) is 18.2 Å². The van der Waals surface area contributed by atoms with Gasteiger partial charge in [-0.3, -0.25) is 4.99 Å². The van der Waals surface area contributed by atoms with Gasteiger partial charge >= 0.3 is 0 Å². The largest absolute Gasteiger partial charge is 0.507 e. The molecule has 0 spiro atoms. The molecule has 0 amide bonds. The van der Waals surface area contributed by atoms with Crippen molar-refractivity contribution in [3.05, 3.63) is 54.1 Å². The smallest absolute Gasteiger partial charge is 0.139 e. The SMILES string of the molecule is Bc1ccc(/C=N/c2ccccc2)c(O)c1. The molecule has 0 unspecified atom stereocenters. The highest BCUT2D eigenvalue weighted by Gasteiger charge is 1.97. The number of phenolic OH excluding ortho intramolecular Hbond substituents is 1. The minimum Gasteiger partial charge on any atom is -0.507 e. The molecule has 0 atom stereocenters. The fourth-order valence-electron chi connectivity index (χ4n) is 1.42. The molecular formula is C13H12BNO. The summed E-state index contributed by atoms with van der Waals surface area (Å²) in [5.74, 6) is 0.264. The Hall–Kier alpha value is -2.03. The zero-order valence-electron chi connectivity index (χ0n) is 9.09. The van der Waals surface area contributed by atoms with Crippen LogP contribution in [0.25, 0.3) is 0 Å². The third kappa shape index (κ3) is 2.51. The van der Waals surface area contributed by atoms with Crippen LogP contribution < -0.4 is 5.46 Å². The zero-order chi connectivity index (χ0) is 11.4. The van der Waals surface area contributed by atoms with Gasteiger partial charge < -0.3 is 5.11 Å². The number of phenols is 1. The molecule has 0 fully saturated rings. The Kier molecular flexibility index (Phi) is 3.06. The lowest BCUT2D eigenvalue weighted by Crippen LogP contribution is -2.00. The monoisotopic (exact) mass is 209 g/mol. The van der Waals surface area contributed by atoms with E-state index in [1.165, 1.54) is 0 Å². The lowest BCUT2D eigenvalue weighted by molar-refractivity contribution is 0.475. The molecule has 0 saturated heterocycles. The van der Waals surface area contributed by atoms with E-state index in [1.54, 1.807) is 12.3 Å². The number of hydrogen-bond donors (Lipinski definition) is 1. The third-order valence-corrected chi connectivity index (χ3v) is 2.29. The first kappa shape index (κ1) is 10.5. The highest BCUT2D eigenvalue weighted by atomic mass is 16.3. The molecule has 1 N–H and O–H groups in total. The van der Waals surface area contributed by atoms with Crippen LogP contribution in [0.3, 0.4) is 0 Å². The minimum absolute atomic E-state index is 0.264. The van der Waals surface area contributed by atoms with Gasteiger partial charge in [0.05, 0.1) is 5.69 Å². The number of hydrogen-bond acceptors (Lipinski definition) is 2. The Bertz CT molecular complexity index is 509. The highest BCUT2D eigenvalue weighted by Crippen LogP contribution is 2.14. The van der Waals surface area contributed by atoms with Crippen LogP contribution in [0.1, 0.15) is 5.56 Å². The zero-order valence-corrected chi connectivity index (χ0v) is 9.09. The van der Waals surface area contributed by atoms with Crippen LogP contribution in [0.4, 0.5) is 5.69 Å². The number of nitrogens with zero attached hydrogens (tertiary/aromatic N) is 1. The predicted molar refractivity (Wildman–Crippen MR) is 70.0 cm³/mol. The molecule has 2 nitrogen and oxygen atoms in total. The average Bonchev–Trinajstić information content (AvgIpc) is 2.29. The van der Waals surface area contributed by atoms with Crippen molar-refractivity contribution in [1.29, 1.82) is 0 Å². The summed E-state index contributed by atoms with van der Waals surface area (Å²) in [5, 5.41) is 9.68. The Labute approximate surface area is 95.7 Å². The van der Waals surface area contributed by atoms with Crippen molar-refractivity contribution in [2.75, 3.05) is 0 Å². The van der Waals surface area contributed by atoms with Crippen LogP contribution in [0, 0.1) is 0 Å². The number of aliphatic imine (C=N–C) groups is 1. The molecule has 0 saturated carbocycles. The van der Waals surface area contributed by atoms with E-state index in [4.69, 9.17) is 0 Å². The fourth-order valence-corrected chi connectivity index (χ4v) is 1.42. The fraction of sp³-hybridized carbons (Fsp3) is 0. The van der Waals surface area contributed by atoms with E-state index in [0.717, 1.165) is 16.7 Å².